The number of hydrogen-bond acceptors (Lipinski definition) is 7. The van der Waals surface area contributed by atoms with Crippen molar-refractivity contribution in [2.24, 2.45) is 5.84 Å². The Labute approximate surface area is 179 Å². The molecule has 162 valence electrons. The second kappa shape index (κ2) is 8.02. The van der Waals surface area contributed by atoms with Gasteiger partial charge in [-0.3, -0.25) is 9.27 Å². The number of hydrazine groups is 1. The van der Waals surface area contributed by atoms with Crippen molar-refractivity contribution < 1.29 is 17.7 Å². The van der Waals surface area contributed by atoms with Gasteiger partial charge in [0.25, 0.3) is 0 Å². The summed E-state index contributed by atoms with van der Waals surface area (Å²) in [6, 6.07) is 12.9. The molecule has 0 radical (unpaired) electrons. The van der Waals surface area contributed by atoms with Crippen molar-refractivity contribution in [2.75, 3.05) is 11.8 Å². The van der Waals surface area contributed by atoms with Crippen molar-refractivity contribution in [2.45, 2.75) is 20.0 Å². The van der Waals surface area contributed by atoms with E-state index in [1.807, 2.05) is 30.3 Å². The van der Waals surface area contributed by atoms with Crippen molar-refractivity contribution in [3.63, 3.8) is 0 Å². The number of aryl methyl sites for hydroxylation is 1. The third-order valence-corrected chi connectivity index (χ3v) is 5.47. The standard InChI is InChI=1S/C20H22N6O4S/c1-13-7-8-14(9-17(13)23-31(27,28)29)10-26-18-12-25(21)11-16(20(18)22-24-26)15-5-3-4-6-19(15)30-2/h3-9,11,23H,10,12,21H2,1-2H3,(H,27,28,29). The lowest BCUT2D eigenvalue weighted by Crippen LogP contribution is -2.30. The monoisotopic (exact) mass is 442 g/mol. The maximum atomic E-state index is 11.2. The molecule has 3 aromatic rings. The highest BCUT2D eigenvalue weighted by Gasteiger charge is 2.25. The van der Waals surface area contributed by atoms with Gasteiger partial charge >= 0.3 is 10.3 Å². The Balaban J connectivity index is 1.70. The molecule has 0 saturated heterocycles. The predicted octanol–water partition coefficient (Wildman–Crippen LogP) is 1.94. The Kier molecular flexibility index (Phi) is 5.39. The fraction of sp³-hybridized carbons (Fsp3) is 0.200. The number of rotatable bonds is 6. The summed E-state index contributed by atoms with van der Waals surface area (Å²) < 4.78 is 40.9. The molecule has 2 aromatic carbocycles. The molecular weight excluding hydrogens is 420 g/mol. The lowest BCUT2D eigenvalue weighted by Gasteiger charge is -2.23. The summed E-state index contributed by atoms with van der Waals surface area (Å²) in [6.07, 6.45) is 1.80. The van der Waals surface area contributed by atoms with Crippen LogP contribution in [0.5, 0.6) is 5.75 Å². The maximum absolute atomic E-state index is 11.2. The minimum absolute atomic E-state index is 0.295. The van der Waals surface area contributed by atoms with Gasteiger partial charge in [-0.05, 0) is 30.2 Å². The number of nitrogens with one attached hydrogen (secondary N) is 1. The van der Waals surface area contributed by atoms with Crippen molar-refractivity contribution in [1.29, 1.82) is 0 Å². The number of methoxy groups -OCH3 is 1. The zero-order valence-electron chi connectivity index (χ0n) is 17.0. The van der Waals surface area contributed by atoms with Crippen LogP contribution in [-0.2, 0) is 23.4 Å². The number of para-hydroxylation sites is 1. The van der Waals surface area contributed by atoms with E-state index < -0.39 is 10.3 Å². The van der Waals surface area contributed by atoms with Gasteiger partial charge in [-0.25, -0.2) is 10.5 Å². The maximum Gasteiger partial charge on any atom is 0.357 e. The largest absolute Gasteiger partial charge is 0.496 e. The number of hydrogen-bond donors (Lipinski definition) is 3. The number of ether oxygens (including phenoxy) is 1. The molecule has 1 aromatic heterocycles. The van der Waals surface area contributed by atoms with E-state index in [-0.39, 0.29) is 0 Å². The number of nitrogens with zero attached hydrogens (tertiary/aromatic N) is 4. The Morgan fingerprint density at radius 3 is 2.77 bits per heavy atom. The van der Waals surface area contributed by atoms with E-state index in [1.165, 1.54) is 0 Å². The van der Waals surface area contributed by atoms with Gasteiger partial charge < -0.3 is 9.75 Å². The zero-order chi connectivity index (χ0) is 22.2. The first-order chi connectivity index (χ1) is 14.7. The quantitative estimate of drug-likeness (QED) is 0.389. The molecule has 0 amide bonds. The molecule has 0 fully saturated rings. The van der Waals surface area contributed by atoms with E-state index in [4.69, 9.17) is 15.1 Å². The van der Waals surface area contributed by atoms with Gasteiger partial charge in [0, 0.05) is 17.3 Å². The highest BCUT2D eigenvalue weighted by molar-refractivity contribution is 7.87. The third kappa shape index (κ3) is 4.38. The van der Waals surface area contributed by atoms with Crippen LogP contribution < -0.4 is 15.3 Å². The molecular formula is C20H22N6O4S. The lowest BCUT2D eigenvalue weighted by atomic mass is 9.99. The van der Waals surface area contributed by atoms with Crippen molar-refractivity contribution in [1.82, 2.24) is 20.0 Å². The second-order valence-electron chi connectivity index (χ2n) is 7.18. The molecule has 1 aliphatic heterocycles. The molecule has 0 aliphatic carbocycles. The van der Waals surface area contributed by atoms with Gasteiger partial charge in [0.05, 0.1) is 31.6 Å². The first-order valence-electron chi connectivity index (χ1n) is 9.39. The summed E-state index contributed by atoms with van der Waals surface area (Å²) in [4.78, 5) is 0. The first-order valence-corrected chi connectivity index (χ1v) is 10.8. The van der Waals surface area contributed by atoms with Gasteiger partial charge in [0.1, 0.15) is 11.4 Å². The smallest absolute Gasteiger partial charge is 0.357 e. The Morgan fingerprint density at radius 1 is 1.26 bits per heavy atom. The van der Waals surface area contributed by atoms with E-state index >= 15 is 0 Å². The normalized spacial score (nSPS) is 13.5. The van der Waals surface area contributed by atoms with E-state index in [0.717, 1.165) is 22.4 Å². The Morgan fingerprint density at radius 2 is 2.03 bits per heavy atom. The number of anilines is 1. The molecule has 10 nitrogen and oxygen atoms in total. The van der Waals surface area contributed by atoms with Crippen LogP contribution in [0.1, 0.15) is 28.1 Å². The van der Waals surface area contributed by atoms with Crippen LogP contribution in [0, 0.1) is 6.92 Å². The van der Waals surface area contributed by atoms with E-state index in [2.05, 4.69) is 15.0 Å². The van der Waals surface area contributed by atoms with Crippen LogP contribution in [-0.4, -0.2) is 40.1 Å². The minimum Gasteiger partial charge on any atom is -0.496 e. The van der Waals surface area contributed by atoms with Crippen LogP contribution in [0.25, 0.3) is 5.57 Å². The topological polar surface area (TPSA) is 136 Å². The fourth-order valence-corrected chi connectivity index (χ4v) is 4.02. The summed E-state index contributed by atoms with van der Waals surface area (Å²) >= 11 is 0. The van der Waals surface area contributed by atoms with Gasteiger partial charge in [0.2, 0.25) is 0 Å². The average Bonchev–Trinajstić information content (AvgIpc) is 3.11. The Hall–Kier alpha value is -3.41. The summed E-state index contributed by atoms with van der Waals surface area (Å²) in [7, 11) is -2.77. The predicted molar refractivity (Wildman–Crippen MR) is 115 cm³/mol. The molecule has 1 aliphatic rings. The van der Waals surface area contributed by atoms with Gasteiger partial charge in [-0.15, -0.1) is 5.10 Å². The minimum atomic E-state index is -4.37. The van der Waals surface area contributed by atoms with Crippen molar-refractivity contribution in [3.8, 4) is 5.75 Å². The molecule has 0 bridgehead atoms. The highest BCUT2D eigenvalue weighted by atomic mass is 32.2. The molecule has 11 heteroatoms. The molecule has 4 N–H and O–H groups in total. The summed E-state index contributed by atoms with van der Waals surface area (Å²) in [5.41, 5.74) is 4.92. The number of nitrogens with two attached hydrogens (primary N) is 1. The third-order valence-electron chi connectivity index (χ3n) is 4.99. The number of fused-ring (bicyclic) bond motifs is 1. The fourth-order valence-electron chi connectivity index (χ4n) is 3.52. The average molecular weight is 443 g/mol. The number of aromatic nitrogens is 3. The molecule has 2 heterocycles. The Bertz CT molecular complexity index is 1270. The molecule has 0 atom stereocenters. The molecule has 0 saturated carbocycles. The highest BCUT2D eigenvalue weighted by Crippen LogP contribution is 2.34. The lowest BCUT2D eigenvalue weighted by molar-refractivity contribution is 0.366. The van der Waals surface area contributed by atoms with Crippen LogP contribution >= 0.6 is 0 Å². The van der Waals surface area contributed by atoms with E-state index in [0.29, 0.717) is 35.8 Å². The van der Waals surface area contributed by atoms with Gasteiger partial charge in [-0.2, -0.15) is 8.42 Å². The molecule has 0 spiro atoms. The van der Waals surface area contributed by atoms with E-state index in [1.54, 1.807) is 42.1 Å². The number of benzene rings is 2. The summed E-state index contributed by atoms with van der Waals surface area (Å²) in [5.74, 6) is 6.84. The van der Waals surface area contributed by atoms with E-state index in [9.17, 15) is 8.42 Å². The van der Waals surface area contributed by atoms with Gasteiger partial charge in [-0.1, -0.05) is 35.5 Å². The summed E-state index contributed by atoms with van der Waals surface area (Å²) in [6.45, 7) is 2.49. The molecule has 0 unspecified atom stereocenters. The van der Waals surface area contributed by atoms with Crippen LogP contribution in [0.3, 0.4) is 0 Å². The SMILES string of the molecule is COc1ccccc1C1=CN(N)Cc2c1nnn2Cc1ccc(C)c(NS(=O)(=O)O)c1. The molecule has 31 heavy (non-hydrogen) atoms. The summed E-state index contributed by atoms with van der Waals surface area (Å²) in [5, 5.41) is 10.2. The van der Waals surface area contributed by atoms with Crippen molar-refractivity contribution in [3.05, 3.63) is 76.7 Å². The van der Waals surface area contributed by atoms with Crippen LogP contribution in [0.15, 0.2) is 48.7 Å². The molecule has 4 rings (SSSR count). The van der Waals surface area contributed by atoms with Crippen molar-refractivity contribution >= 4 is 21.6 Å². The van der Waals surface area contributed by atoms with Crippen LogP contribution in [0.2, 0.25) is 0 Å². The zero-order valence-corrected chi connectivity index (χ0v) is 17.8. The van der Waals surface area contributed by atoms with Crippen LogP contribution in [0.4, 0.5) is 5.69 Å². The first kappa shape index (κ1) is 20.8. The van der Waals surface area contributed by atoms with Gasteiger partial charge in [0.15, 0.2) is 0 Å². The second-order valence-corrected chi connectivity index (χ2v) is 8.34.